The fraction of sp³-hybridized carbons (Fsp3) is 0.500. The molecule has 1 heterocycles. The molecule has 2 rings (SSSR count). The van der Waals surface area contributed by atoms with E-state index < -0.39 is 0 Å². The Bertz CT molecular complexity index is 604. The number of carbonyl (C=O) groups is 1. The molecule has 3 nitrogen and oxygen atoms in total. The SMILES string of the molecule is CCOC(=O)C(CC(C)C)c1nc2c(C)cccc2s1. The Labute approximate surface area is 124 Å². The summed E-state index contributed by atoms with van der Waals surface area (Å²) in [7, 11) is 0. The van der Waals surface area contributed by atoms with Crippen molar-refractivity contribution < 1.29 is 9.53 Å². The molecule has 0 bridgehead atoms. The molecule has 20 heavy (non-hydrogen) atoms. The van der Waals surface area contributed by atoms with E-state index in [0.29, 0.717) is 12.5 Å². The normalized spacial score (nSPS) is 12.8. The molecule has 0 amide bonds. The lowest BCUT2D eigenvalue weighted by atomic mass is 9.98. The Kier molecular flexibility index (Phi) is 4.76. The zero-order chi connectivity index (χ0) is 14.7. The fourth-order valence-electron chi connectivity index (χ4n) is 2.26. The molecule has 1 aromatic carbocycles. The van der Waals surface area contributed by atoms with Crippen molar-refractivity contribution >= 4 is 27.5 Å². The summed E-state index contributed by atoms with van der Waals surface area (Å²) in [6, 6.07) is 6.14. The van der Waals surface area contributed by atoms with Gasteiger partial charge in [0.15, 0.2) is 0 Å². The quantitative estimate of drug-likeness (QED) is 0.771. The van der Waals surface area contributed by atoms with Crippen molar-refractivity contribution in [2.45, 2.75) is 40.0 Å². The van der Waals surface area contributed by atoms with Gasteiger partial charge in [-0.25, -0.2) is 4.98 Å². The topological polar surface area (TPSA) is 39.2 Å². The van der Waals surface area contributed by atoms with E-state index in [4.69, 9.17) is 4.74 Å². The van der Waals surface area contributed by atoms with Gasteiger partial charge in [-0.1, -0.05) is 26.0 Å². The monoisotopic (exact) mass is 291 g/mol. The van der Waals surface area contributed by atoms with Gasteiger partial charge in [0.1, 0.15) is 10.9 Å². The maximum atomic E-state index is 12.2. The number of benzene rings is 1. The molecule has 0 aliphatic carbocycles. The standard InChI is InChI=1S/C16H21NO2S/c1-5-19-16(18)12(9-10(2)3)15-17-14-11(4)7-6-8-13(14)20-15/h6-8,10,12H,5,9H2,1-4H3. The van der Waals surface area contributed by atoms with Crippen LogP contribution in [0.25, 0.3) is 10.2 Å². The number of hydrogen-bond acceptors (Lipinski definition) is 4. The van der Waals surface area contributed by atoms with Crippen LogP contribution >= 0.6 is 11.3 Å². The van der Waals surface area contributed by atoms with Gasteiger partial charge in [-0.05, 0) is 37.8 Å². The first-order chi connectivity index (χ1) is 9.52. The largest absolute Gasteiger partial charge is 0.465 e. The van der Waals surface area contributed by atoms with Crippen molar-refractivity contribution in [3.05, 3.63) is 28.8 Å². The molecular formula is C16H21NO2S. The fourth-order valence-corrected chi connectivity index (χ4v) is 3.41. The molecule has 0 aliphatic rings. The lowest BCUT2D eigenvalue weighted by molar-refractivity contribution is -0.145. The van der Waals surface area contributed by atoms with Gasteiger partial charge in [-0.3, -0.25) is 4.79 Å². The van der Waals surface area contributed by atoms with Crippen LogP contribution in [0.15, 0.2) is 18.2 Å². The molecule has 0 fully saturated rings. The van der Waals surface area contributed by atoms with Gasteiger partial charge in [0, 0.05) is 0 Å². The highest BCUT2D eigenvalue weighted by molar-refractivity contribution is 7.18. The minimum absolute atomic E-state index is 0.155. The Balaban J connectivity index is 2.39. The highest BCUT2D eigenvalue weighted by atomic mass is 32.1. The van der Waals surface area contributed by atoms with Crippen LogP contribution in [0.2, 0.25) is 0 Å². The second kappa shape index (κ2) is 6.35. The van der Waals surface area contributed by atoms with E-state index >= 15 is 0 Å². The van der Waals surface area contributed by atoms with Gasteiger partial charge in [0.2, 0.25) is 0 Å². The average molecular weight is 291 g/mol. The Morgan fingerprint density at radius 1 is 1.40 bits per heavy atom. The predicted molar refractivity (Wildman–Crippen MR) is 83.2 cm³/mol. The maximum absolute atomic E-state index is 12.2. The van der Waals surface area contributed by atoms with E-state index in [2.05, 4.69) is 24.9 Å². The van der Waals surface area contributed by atoms with Crippen LogP contribution in [0.4, 0.5) is 0 Å². The second-order valence-electron chi connectivity index (χ2n) is 5.41. The molecule has 1 atom stereocenters. The number of thiazole rings is 1. The van der Waals surface area contributed by atoms with E-state index in [9.17, 15) is 4.79 Å². The lowest BCUT2D eigenvalue weighted by Crippen LogP contribution is -2.17. The summed E-state index contributed by atoms with van der Waals surface area (Å²) in [4.78, 5) is 16.9. The van der Waals surface area contributed by atoms with E-state index in [1.807, 2.05) is 26.0 Å². The first kappa shape index (κ1) is 15.0. The lowest BCUT2D eigenvalue weighted by Gasteiger charge is -2.15. The van der Waals surface area contributed by atoms with Crippen molar-refractivity contribution in [2.75, 3.05) is 6.61 Å². The van der Waals surface area contributed by atoms with Gasteiger partial charge in [0.25, 0.3) is 0 Å². The summed E-state index contributed by atoms with van der Waals surface area (Å²) < 4.78 is 6.35. The number of para-hydroxylation sites is 1. The Morgan fingerprint density at radius 2 is 2.15 bits per heavy atom. The number of esters is 1. The third-order valence-corrected chi connectivity index (χ3v) is 4.35. The third-order valence-electron chi connectivity index (χ3n) is 3.21. The Hall–Kier alpha value is -1.42. The molecule has 1 aromatic heterocycles. The number of aryl methyl sites for hydroxylation is 1. The smallest absolute Gasteiger partial charge is 0.315 e. The first-order valence-corrected chi connectivity index (χ1v) is 7.87. The van der Waals surface area contributed by atoms with E-state index in [-0.39, 0.29) is 11.9 Å². The summed E-state index contributed by atoms with van der Waals surface area (Å²) in [5, 5.41) is 0.876. The number of fused-ring (bicyclic) bond motifs is 1. The van der Waals surface area contributed by atoms with Gasteiger partial charge >= 0.3 is 5.97 Å². The number of nitrogens with zero attached hydrogens (tertiary/aromatic N) is 1. The molecule has 0 aliphatic heterocycles. The van der Waals surface area contributed by atoms with Crippen molar-refractivity contribution in [3.8, 4) is 0 Å². The molecule has 0 N–H and O–H groups in total. The van der Waals surface area contributed by atoms with Gasteiger partial charge < -0.3 is 4.74 Å². The molecular weight excluding hydrogens is 270 g/mol. The molecule has 0 saturated carbocycles. The molecule has 4 heteroatoms. The number of rotatable bonds is 5. The summed E-state index contributed by atoms with van der Waals surface area (Å²) in [5.74, 6) is 0.0298. The summed E-state index contributed by atoms with van der Waals surface area (Å²) in [6.45, 7) is 8.54. The second-order valence-corrected chi connectivity index (χ2v) is 6.47. The van der Waals surface area contributed by atoms with E-state index in [1.54, 1.807) is 11.3 Å². The van der Waals surface area contributed by atoms with Crippen molar-refractivity contribution in [1.82, 2.24) is 4.98 Å². The minimum Gasteiger partial charge on any atom is -0.465 e. The predicted octanol–water partition coefficient (Wildman–Crippen LogP) is 4.30. The average Bonchev–Trinajstić information content (AvgIpc) is 2.81. The summed E-state index contributed by atoms with van der Waals surface area (Å²) >= 11 is 1.60. The van der Waals surface area contributed by atoms with E-state index in [1.165, 1.54) is 0 Å². The zero-order valence-electron chi connectivity index (χ0n) is 12.5. The van der Waals surface area contributed by atoms with Crippen LogP contribution < -0.4 is 0 Å². The molecule has 0 spiro atoms. The van der Waals surface area contributed by atoms with Gasteiger partial charge in [-0.2, -0.15) is 0 Å². The van der Waals surface area contributed by atoms with Crippen LogP contribution in [0.3, 0.4) is 0 Å². The third kappa shape index (κ3) is 3.18. The van der Waals surface area contributed by atoms with Crippen molar-refractivity contribution in [1.29, 1.82) is 0 Å². The molecule has 108 valence electrons. The summed E-state index contributed by atoms with van der Waals surface area (Å²) in [5.41, 5.74) is 2.16. The van der Waals surface area contributed by atoms with Gasteiger partial charge in [-0.15, -0.1) is 11.3 Å². The van der Waals surface area contributed by atoms with Crippen LogP contribution in [0.1, 0.15) is 43.7 Å². The molecule has 0 saturated heterocycles. The summed E-state index contributed by atoms with van der Waals surface area (Å²) in [6.07, 6.45) is 0.775. The van der Waals surface area contributed by atoms with Crippen LogP contribution in [0, 0.1) is 12.8 Å². The highest BCUT2D eigenvalue weighted by Crippen LogP contribution is 2.33. The van der Waals surface area contributed by atoms with Crippen molar-refractivity contribution in [3.63, 3.8) is 0 Å². The van der Waals surface area contributed by atoms with Crippen LogP contribution in [-0.2, 0) is 9.53 Å². The molecule has 2 aromatic rings. The number of hydrogen-bond donors (Lipinski definition) is 0. The molecule has 1 unspecified atom stereocenters. The van der Waals surface area contributed by atoms with Gasteiger partial charge in [0.05, 0.1) is 16.8 Å². The van der Waals surface area contributed by atoms with Crippen LogP contribution in [-0.4, -0.2) is 17.6 Å². The van der Waals surface area contributed by atoms with E-state index in [0.717, 1.165) is 27.2 Å². The maximum Gasteiger partial charge on any atom is 0.315 e. The number of aromatic nitrogens is 1. The zero-order valence-corrected chi connectivity index (χ0v) is 13.3. The number of ether oxygens (including phenoxy) is 1. The minimum atomic E-state index is -0.244. The van der Waals surface area contributed by atoms with Crippen molar-refractivity contribution in [2.24, 2.45) is 5.92 Å². The first-order valence-electron chi connectivity index (χ1n) is 7.05. The number of carbonyl (C=O) groups excluding carboxylic acids is 1. The molecule has 0 radical (unpaired) electrons. The Morgan fingerprint density at radius 3 is 2.75 bits per heavy atom. The van der Waals surface area contributed by atoms with Crippen LogP contribution in [0.5, 0.6) is 0 Å². The highest BCUT2D eigenvalue weighted by Gasteiger charge is 2.26.